The first-order valence-corrected chi connectivity index (χ1v) is 11.2. The van der Waals surface area contributed by atoms with Crippen LogP contribution in [0, 0.1) is 3.57 Å². The second-order valence-corrected chi connectivity index (χ2v) is 8.27. The van der Waals surface area contributed by atoms with Gasteiger partial charge in [0.05, 0.1) is 37.7 Å². The summed E-state index contributed by atoms with van der Waals surface area (Å²) in [5, 5.41) is 4.99. The fraction of sp³-hybridized carbons (Fsp3) is 0.208. The zero-order valence-corrected chi connectivity index (χ0v) is 20.9. The van der Waals surface area contributed by atoms with Gasteiger partial charge in [0.1, 0.15) is 6.61 Å². The first-order chi connectivity index (χ1) is 15.5. The van der Waals surface area contributed by atoms with Crippen molar-refractivity contribution in [3.05, 3.63) is 79.9 Å². The van der Waals surface area contributed by atoms with Crippen LogP contribution in [0.5, 0.6) is 23.0 Å². The Morgan fingerprint density at radius 2 is 1.69 bits per heavy atom. The van der Waals surface area contributed by atoms with E-state index in [0.717, 1.165) is 20.3 Å². The molecule has 168 valence electrons. The number of nitrogens with zero attached hydrogens (tertiary/aromatic N) is 1. The van der Waals surface area contributed by atoms with E-state index >= 15 is 0 Å². The predicted octanol–water partition coefficient (Wildman–Crippen LogP) is 5.67. The molecule has 0 aromatic heterocycles. The van der Waals surface area contributed by atoms with Crippen molar-refractivity contribution < 1.29 is 18.9 Å². The van der Waals surface area contributed by atoms with Gasteiger partial charge in [0.25, 0.3) is 0 Å². The van der Waals surface area contributed by atoms with Crippen molar-refractivity contribution in [3.63, 3.8) is 0 Å². The number of methoxy groups -OCH3 is 3. The van der Waals surface area contributed by atoms with Gasteiger partial charge in [-0.3, -0.25) is 0 Å². The number of hydrogen-bond donors (Lipinski definition) is 1. The van der Waals surface area contributed by atoms with Crippen molar-refractivity contribution in [2.45, 2.75) is 13.2 Å². The van der Waals surface area contributed by atoms with Gasteiger partial charge in [-0.05, 0) is 64.0 Å². The summed E-state index contributed by atoms with van der Waals surface area (Å²) in [6, 6.07) is 17.2. The summed E-state index contributed by atoms with van der Waals surface area (Å²) in [6.07, 6.45) is 1.74. The molecule has 0 fully saturated rings. The van der Waals surface area contributed by atoms with Crippen molar-refractivity contribution in [3.8, 4) is 23.0 Å². The van der Waals surface area contributed by atoms with E-state index in [2.05, 4.69) is 33.1 Å². The van der Waals surface area contributed by atoms with Crippen LogP contribution in [0.1, 0.15) is 16.7 Å². The molecule has 0 atom stereocenters. The highest BCUT2D eigenvalue weighted by Gasteiger charge is 2.12. The highest BCUT2D eigenvalue weighted by atomic mass is 127. The molecule has 0 aliphatic rings. The summed E-state index contributed by atoms with van der Waals surface area (Å²) in [6.45, 7) is 0.899. The van der Waals surface area contributed by atoms with Crippen LogP contribution in [0.15, 0.2) is 59.7 Å². The molecule has 6 nitrogen and oxygen atoms in total. The number of benzene rings is 3. The Bertz CT molecular complexity index is 1090. The first kappa shape index (κ1) is 24.0. The third-order valence-electron chi connectivity index (χ3n) is 4.62. The monoisotopic (exact) mass is 566 g/mol. The van der Waals surface area contributed by atoms with E-state index < -0.39 is 0 Å². The van der Waals surface area contributed by atoms with Gasteiger partial charge in [-0.15, -0.1) is 0 Å². The fourth-order valence-corrected chi connectivity index (χ4v) is 3.94. The molecule has 0 spiro atoms. The zero-order valence-electron chi connectivity index (χ0n) is 18.0. The lowest BCUT2D eigenvalue weighted by atomic mass is 10.2. The molecule has 32 heavy (non-hydrogen) atoms. The topological polar surface area (TPSA) is 61.3 Å². The van der Waals surface area contributed by atoms with Gasteiger partial charge in [0, 0.05) is 10.6 Å². The van der Waals surface area contributed by atoms with Gasteiger partial charge >= 0.3 is 0 Å². The summed E-state index contributed by atoms with van der Waals surface area (Å²) >= 11 is 8.45. The lowest BCUT2D eigenvalue weighted by molar-refractivity contribution is 0.282. The van der Waals surface area contributed by atoms with Crippen molar-refractivity contribution in [1.29, 1.82) is 0 Å². The smallest absolute Gasteiger partial charge is 0.174 e. The molecule has 3 aromatic rings. The predicted molar refractivity (Wildman–Crippen MR) is 135 cm³/mol. The van der Waals surface area contributed by atoms with Crippen molar-refractivity contribution in [2.75, 3.05) is 21.3 Å². The molecule has 0 saturated carbocycles. The molecule has 3 aromatic carbocycles. The third-order valence-corrected chi connectivity index (χ3v) is 5.79. The maximum atomic E-state index is 6.23. The molecule has 0 radical (unpaired) electrons. The Morgan fingerprint density at radius 3 is 2.41 bits per heavy atom. The van der Waals surface area contributed by atoms with Gasteiger partial charge in [0.2, 0.25) is 0 Å². The molecule has 0 amide bonds. The average molecular weight is 567 g/mol. The Balaban J connectivity index is 1.65. The Morgan fingerprint density at radius 1 is 0.938 bits per heavy atom. The van der Waals surface area contributed by atoms with Crippen molar-refractivity contribution >= 4 is 40.4 Å². The number of hydrazone groups is 1. The number of ether oxygens (including phenoxy) is 4. The summed E-state index contributed by atoms with van der Waals surface area (Å²) < 4.78 is 23.0. The quantitative estimate of drug-likeness (QED) is 0.195. The highest BCUT2D eigenvalue weighted by molar-refractivity contribution is 14.1. The molecule has 0 heterocycles. The van der Waals surface area contributed by atoms with Crippen LogP contribution < -0.4 is 24.4 Å². The standard InChI is InChI=1S/C24H24ClIN2O4/c1-29-21-9-8-16(11-22(21)30-2)13-27-28-14-17-10-20(26)24(23(12-17)31-3)32-15-18-6-4-5-7-19(18)25/h4-12,14,27H,13,15H2,1-3H3/b28-14-. The molecule has 0 aliphatic carbocycles. The molecule has 8 heteroatoms. The van der Waals surface area contributed by atoms with E-state index in [9.17, 15) is 0 Å². The summed E-state index contributed by atoms with van der Waals surface area (Å²) in [7, 11) is 4.84. The van der Waals surface area contributed by atoms with Crippen molar-refractivity contribution in [2.24, 2.45) is 5.10 Å². The summed E-state index contributed by atoms with van der Waals surface area (Å²) in [5.41, 5.74) is 5.87. The Kier molecular flexibility index (Phi) is 8.87. The molecule has 1 N–H and O–H groups in total. The molecule has 0 bridgehead atoms. The molecular formula is C24H24ClIN2O4. The summed E-state index contributed by atoms with van der Waals surface area (Å²) in [5.74, 6) is 2.68. The minimum atomic E-state index is 0.354. The lowest BCUT2D eigenvalue weighted by Crippen LogP contribution is -2.06. The van der Waals surface area contributed by atoms with Gasteiger partial charge in [-0.1, -0.05) is 35.9 Å². The highest BCUT2D eigenvalue weighted by Crippen LogP contribution is 2.34. The second-order valence-electron chi connectivity index (χ2n) is 6.70. The van der Waals surface area contributed by atoms with Gasteiger partial charge in [0.15, 0.2) is 23.0 Å². The maximum Gasteiger partial charge on any atom is 0.174 e. The van der Waals surface area contributed by atoms with Crippen LogP contribution >= 0.6 is 34.2 Å². The van der Waals surface area contributed by atoms with Crippen molar-refractivity contribution in [1.82, 2.24) is 5.43 Å². The second kappa shape index (κ2) is 11.8. The Labute approximate surface area is 206 Å². The summed E-state index contributed by atoms with van der Waals surface area (Å²) in [4.78, 5) is 0. The van der Waals surface area contributed by atoms with E-state index in [1.54, 1.807) is 27.5 Å². The normalized spacial score (nSPS) is 10.8. The van der Waals surface area contributed by atoms with Crippen LogP contribution in [-0.2, 0) is 13.2 Å². The van der Waals surface area contributed by atoms with E-state index in [1.165, 1.54) is 0 Å². The van der Waals surface area contributed by atoms with Gasteiger partial charge in [-0.2, -0.15) is 5.10 Å². The van der Waals surface area contributed by atoms with Crippen LogP contribution in [0.3, 0.4) is 0 Å². The Hall–Kier alpha value is -2.65. The molecular weight excluding hydrogens is 543 g/mol. The fourth-order valence-electron chi connectivity index (χ4n) is 2.97. The maximum absolute atomic E-state index is 6.23. The molecule has 0 saturated heterocycles. The van der Waals surface area contributed by atoms with Crippen LogP contribution in [-0.4, -0.2) is 27.5 Å². The zero-order chi connectivity index (χ0) is 22.9. The van der Waals surface area contributed by atoms with Crippen LogP contribution in [0.25, 0.3) is 0 Å². The number of nitrogens with one attached hydrogen (secondary N) is 1. The average Bonchev–Trinajstić information content (AvgIpc) is 2.81. The largest absolute Gasteiger partial charge is 0.493 e. The molecule has 0 aliphatic heterocycles. The molecule has 3 rings (SSSR count). The van der Waals surface area contributed by atoms with E-state index in [4.69, 9.17) is 30.5 Å². The minimum absolute atomic E-state index is 0.354. The number of hydrogen-bond acceptors (Lipinski definition) is 6. The minimum Gasteiger partial charge on any atom is -0.493 e. The van der Waals surface area contributed by atoms with Crippen LogP contribution in [0.2, 0.25) is 5.02 Å². The van der Waals surface area contributed by atoms with E-state index in [-0.39, 0.29) is 0 Å². The molecule has 0 unspecified atom stereocenters. The van der Waals surface area contributed by atoms with Crippen LogP contribution in [0.4, 0.5) is 0 Å². The SMILES string of the molecule is COc1ccc(CN/N=C\c2cc(I)c(OCc3ccccc3Cl)c(OC)c2)cc1OC. The number of rotatable bonds is 10. The van der Waals surface area contributed by atoms with Gasteiger partial charge < -0.3 is 24.4 Å². The number of halogens is 2. The first-order valence-electron chi connectivity index (χ1n) is 9.76. The van der Waals surface area contributed by atoms with E-state index in [0.29, 0.717) is 41.2 Å². The van der Waals surface area contributed by atoms with E-state index in [1.807, 2.05) is 54.6 Å². The third kappa shape index (κ3) is 6.20. The van der Waals surface area contributed by atoms with Gasteiger partial charge in [-0.25, -0.2) is 0 Å². The lowest BCUT2D eigenvalue weighted by Gasteiger charge is -2.14.